The van der Waals surface area contributed by atoms with Gasteiger partial charge in [-0.05, 0) is 18.8 Å². The predicted molar refractivity (Wildman–Crippen MR) is 48.5 cm³/mol. The minimum Gasteiger partial charge on any atom is -0.171 e. The number of alkyl halides is 3. The molecule has 13 heavy (non-hydrogen) atoms. The lowest BCUT2D eigenvalue weighted by atomic mass is 9.78. The molecule has 1 atom stereocenters. The molecule has 0 aliphatic carbocycles. The van der Waals surface area contributed by atoms with Gasteiger partial charge in [0.1, 0.15) is 0 Å². The summed E-state index contributed by atoms with van der Waals surface area (Å²) in [5.41, 5.74) is -1.49. The lowest BCUT2D eigenvalue weighted by Crippen LogP contribution is -2.36. The first-order valence-electron chi connectivity index (χ1n) is 4.79. The van der Waals surface area contributed by atoms with Crippen LogP contribution in [0.15, 0.2) is 0 Å². The standard InChI is InChI=1S/C10H19F3/c1-5-6-9(4,7-8(2)3)10(11,12)13/h8H,5-7H2,1-4H3. The summed E-state index contributed by atoms with van der Waals surface area (Å²) < 4.78 is 38.0. The fourth-order valence-corrected chi connectivity index (χ4v) is 1.81. The highest BCUT2D eigenvalue weighted by Gasteiger charge is 2.49. The first-order valence-corrected chi connectivity index (χ1v) is 4.79. The fourth-order valence-electron chi connectivity index (χ4n) is 1.81. The van der Waals surface area contributed by atoms with Crippen molar-refractivity contribution in [2.75, 3.05) is 0 Å². The molecule has 0 heterocycles. The van der Waals surface area contributed by atoms with Crippen LogP contribution in [0.1, 0.15) is 47.0 Å². The van der Waals surface area contributed by atoms with E-state index >= 15 is 0 Å². The van der Waals surface area contributed by atoms with Crippen molar-refractivity contribution in [2.24, 2.45) is 11.3 Å². The lowest BCUT2D eigenvalue weighted by molar-refractivity contribution is -0.225. The van der Waals surface area contributed by atoms with E-state index in [9.17, 15) is 13.2 Å². The predicted octanol–water partition coefficient (Wildman–Crippen LogP) is 4.40. The Balaban J connectivity index is 4.53. The first-order chi connectivity index (χ1) is 5.73. The Hall–Kier alpha value is -0.210. The highest BCUT2D eigenvalue weighted by atomic mass is 19.4. The summed E-state index contributed by atoms with van der Waals surface area (Å²) in [4.78, 5) is 0. The summed E-state index contributed by atoms with van der Waals surface area (Å²) in [6.45, 7) is 6.79. The van der Waals surface area contributed by atoms with Crippen LogP contribution in [0.5, 0.6) is 0 Å². The van der Waals surface area contributed by atoms with Crippen LogP contribution >= 0.6 is 0 Å². The molecule has 0 spiro atoms. The average molecular weight is 196 g/mol. The van der Waals surface area contributed by atoms with E-state index in [4.69, 9.17) is 0 Å². The molecule has 0 aliphatic heterocycles. The van der Waals surface area contributed by atoms with E-state index in [1.807, 2.05) is 13.8 Å². The maximum atomic E-state index is 12.7. The van der Waals surface area contributed by atoms with Crippen LogP contribution in [0.2, 0.25) is 0 Å². The topological polar surface area (TPSA) is 0 Å². The van der Waals surface area contributed by atoms with E-state index in [1.165, 1.54) is 6.92 Å². The molecule has 0 saturated heterocycles. The Morgan fingerprint density at radius 2 is 1.62 bits per heavy atom. The fraction of sp³-hybridized carbons (Fsp3) is 1.00. The van der Waals surface area contributed by atoms with Gasteiger partial charge in [0.25, 0.3) is 0 Å². The summed E-state index contributed by atoms with van der Waals surface area (Å²) in [7, 11) is 0. The highest BCUT2D eigenvalue weighted by molar-refractivity contribution is 4.82. The van der Waals surface area contributed by atoms with Crippen molar-refractivity contribution in [2.45, 2.75) is 53.1 Å². The Morgan fingerprint density at radius 1 is 1.15 bits per heavy atom. The van der Waals surface area contributed by atoms with E-state index in [0.29, 0.717) is 6.42 Å². The molecule has 0 N–H and O–H groups in total. The van der Waals surface area contributed by atoms with Crippen LogP contribution in [0.4, 0.5) is 13.2 Å². The van der Waals surface area contributed by atoms with Gasteiger partial charge in [-0.3, -0.25) is 0 Å². The van der Waals surface area contributed by atoms with Gasteiger partial charge in [-0.25, -0.2) is 0 Å². The van der Waals surface area contributed by atoms with Crippen molar-refractivity contribution in [3.8, 4) is 0 Å². The molecular weight excluding hydrogens is 177 g/mol. The molecule has 1 unspecified atom stereocenters. The quantitative estimate of drug-likeness (QED) is 0.625. The third-order valence-electron chi connectivity index (χ3n) is 2.34. The molecule has 3 heteroatoms. The minimum atomic E-state index is -4.06. The lowest BCUT2D eigenvalue weighted by Gasteiger charge is -2.33. The Kier molecular flexibility index (Phi) is 4.27. The second-order valence-corrected chi connectivity index (χ2v) is 4.41. The summed E-state index contributed by atoms with van der Waals surface area (Å²) >= 11 is 0. The van der Waals surface area contributed by atoms with Gasteiger partial charge in [-0.1, -0.05) is 34.1 Å². The highest BCUT2D eigenvalue weighted by Crippen LogP contribution is 2.46. The molecule has 0 radical (unpaired) electrons. The number of halogens is 3. The van der Waals surface area contributed by atoms with E-state index in [-0.39, 0.29) is 18.8 Å². The van der Waals surface area contributed by atoms with Gasteiger partial charge in [0.05, 0.1) is 5.41 Å². The maximum absolute atomic E-state index is 12.7. The van der Waals surface area contributed by atoms with Gasteiger partial charge >= 0.3 is 6.18 Å². The van der Waals surface area contributed by atoms with E-state index in [0.717, 1.165) is 0 Å². The van der Waals surface area contributed by atoms with Gasteiger partial charge in [-0.2, -0.15) is 13.2 Å². The van der Waals surface area contributed by atoms with Crippen LogP contribution in [-0.2, 0) is 0 Å². The minimum absolute atomic E-state index is 0.0955. The van der Waals surface area contributed by atoms with Crippen LogP contribution in [0.25, 0.3) is 0 Å². The normalized spacial score (nSPS) is 17.5. The van der Waals surface area contributed by atoms with Crippen molar-refractivity contribution >= 4 is 0 Å². The molecule has 0 aromatic rings. The van der Waals surface area contributed by atoms with E-state index in [1.54, 1.807) is 6.92 Å². The Labute approximate surface area is 78.5 Å². The summed E-state index contributed by atoms with van der Waals surface area (Å²) in [5, 5.41) is 0. The number of rotatable bonds is 4. The monoisotopic (exact) mass is 196 g/mol. The molecule has 0 aliphatic rings. The van der Waals surface area contributed by atoms with Crippen LogP contribution in [0.3, 0.4) is 0 Å². The van der Waals surface area contributed by atoms with Gasteiger partial charge in [0, 0.05) is 0 Å². The second-order valence-electron chi connectivity index (χ2n) is 4.41. The molecule has 0 saturated carbocycles. The number of hydrogen-bond donors (Lipinski definition) is 0. The van der Waals surface area contributed by atoms with Gasteiger partial charge in [0.2, 0.25) is 0 Å². The zero-order valence-corrected chi connectivity index (χ0v) is 8.83. The zero-order chi connectivity index (χ0) is 10.7. The van der Waals surface area contributed by atoms with E-state index in [2.05, 4.69) is 0 Å². The van der Waals surface area contributed by atoms with Crippen molar-refractivity contribution in [3.05, 3.63) is 0 Å². The van der Waals surface area contributed by atoms with Gasteiger partial charge in [-0.15, -0.1) is 0 Å². The largest absolute Gasteiger partial charge is 0.394 e. The Bertz CT molecular complexity index is 149. The number of hydrogen-bond acceptors (Lipinski definition) is 0. The Morgan fingerprint density at radius 3 is 1.85 bits per heavy atom. The van der Waals surface area contributed by atoms with Crippen LogP contribution in [-0.4, -0.2) is 6.18 Å². The van der Waals surface area contributed by atoms with Crippen LogP contribution < -0.4 is 0 Å². The smallest absolute Gasteiger partial charge is 0.171 e. The molecule has 0 fully saturated rings. The maximum Gasteiger partial charge on any atom is 0.394 e. The molecule has 0 rings (SSSR count). The molecule has 0 aromatic heterocycles. The summed E-state index contributed by atoms with van der Waals surface area (Å²) in [6.07, 6.45) is -3.02. The molecule has 0 aromatic carbocycles. The molecular formula is C10H19F3. The van der Waals surface area contributed by atoms with Crippen molar-refractivity contribution < 1.29 is 13.2 Å². The molecule has 80 valence electrons. The SMILES string of the molecule is CCCC(C)(CC(C)C)C(F)(F)F. The zero-order valence-electron chi connectivity index (χ0n) is 8.83. The molecule has 0 nitrogen and oxygen atoms in total. The molecule has 0 amide bonds. The first kappa shape index (κ1) is 12.8. The van der Waals surface area contributed by atoms with Crippen molar-refractivity contribution in [3.63, 3.8) is 0 Å². The van der Waals surface area contributed by atoms with Crippen molar-refractivity contribution in [1.29, 1.82) is 0 Å². The summed E-state index contributed by atoms with van der Waals surface area (Å²) in [5.74, 6) is 0.0955. The van der Waals surface area contributed by atoms with E-state index < -0.39 is 11.6 Å². The van der Waals surface area contributed by atoms with Gasteiger partial charge < -0.3 is 0 Å². The van der Waals surface area contributed by atoms with Gasteiger partial charge in [0.15, 0.2) is 0 Å². The average Bonchev–Trinajstić information content (AvgIpc) is 1.82. The second kappa shape index (κ2) is 4.34. The molecule has 0 bridgehead atoms. The third-order valence-corrected chi connectivity index (χ3v) is 2.34. The van der Waals surface area contributed by atoms with Crippen LogP contribution in [0, 0.1) is 11.3 Å². The third kappa shape index (κ3) is 3.57. The van der Waals surface area contributed by atoms with Crippen molar-refractivity contribution in [1.82, 2.24) is 0 Å². The summed E-state index contributed by atoms with van der Waals surface area (Å²) in [6, 6.07) is 0.